The van der Waals surface area contributed by atoms with Gasteiger partial charge in [-0.2, -0.15) is 5.26 Å². The van der Waals surface area contributed by atoms with Gasteiger partial charge < -0.3 is 10.1 Å². The molecule has 0 saturated heterocycles. The molecular formula is C18H16Cl2N2O2S. The molecule has 0 radical (unpaired) electrons. The minimum atomic E-state index is -0.352. The molecule has 0 saturated carbocycles. The molecule has 1 N–H and O–H groups in total. The van der Waals surface area contributed by atoms with Crippen LogP contribution in [0.25, 0.3) is 0 Å². The van der Waals surface area contributed by atoms with Gasteiger partial charge in [-0.3, -0.25) is 4.79 Å². The molecule has 7 heteroatoms. The van der Waals surface area contributed by atoms with Crippen LogP contribution < -0.4 is 10.1 Å². The molecule has 1 amide bonds. The van der Waals surface area contributed by atoms with Crippen LogP contribution in [-0.4, -0.2) is 13.0 Å². The summed E-state index contributed by atoms with van der Waals surface area (Å²) in [4.78, 5) is 13.8. The van der Waals surface area contributed by atoms with Crippen molar-refractivity contribution in [3.05, 3.63) is 43.7 Å². The number of rotatable bonds is 3. The standard InChI is InChI=1S/C18H16Cl2N2O2S/c1-9-3-4-11-12(8-21)18(25-15(11)5-9)22-17(23)10-6-13(19)16(24-2)14(20)7-10/h6-7,9H,3-5H2,1-2H3,(H,22,23)/t9-/m1/s1. The number of fused-ring (bicyclic) bond motifs is 1. The Bertz CT molecular complexity index is 863. The van der Waals surface area contributed by atoms with Gasteiger partial charge in [0.2, 0.25) is 0 Å². The first-order chi connectivity index (χ1) is 11.9. The van der Waals surface area contributed by atoms with Gasteiger partial charge in [-0.25, -0.2) is 0 Å². The van der Waals surface area contributed by atoms with E-state index in [0.717, 1.165) is 24.8 Å². The Morgan fingerprint density at radius 3 is 2.68 bits per heavy atom. The van der Waals surface area contributed by atoms with Crippen molar-refractivity contribution in [3.8, 4) is 11.8 Å². The molecule has 0 bridgehead atoms. The van der Waals surface area contributed by atoms with E-state index in [9.17, 15) is 10.1 Å². The largest absolute Gasteiger partial charge is 0.494 e. The van der Waals surface area contributed by atoms with Crippen LogP contribution in [0.15, 0.2) is 12.1 Å². The van der Waals surface area contributed by atoms with Crippen molar-refractivity contribution >= 4 is 45.4 Å². The highest BCUT2D eigenvalue weighted by atomic mass is 35.5. The SMILES string of the molecule is COc1c(Cl)cc(C(=O)Nc2sc3c(c2C#N)CC[C@@H](C)C3)cc1Cl. The van der Waals surface area contributed by atoms with Crippen molar-refractivity contribution in [3.63, 3.8) is 0 Å². The maximum Gasteiger partial charge on any atom is 0.256 e. The minimum absolute atomic E-state index is 0.264. The third-order valence-electron chi connectivity index (χ3n) is 4.32. The monoisotopic (exact) mass is 394 g/mol. The molecule has 3 rings (SSSR count). The van der Waals surface area contributed by atoms with Crippen LogP contribution in [0.1, 0.15) is 39.7 Å². The van der Waals surface area contributed by atoms with Gasteiger partial charge in [-0.1, -0.05) is 30.1 Å². The number of nitrogens with one attached hydrogen (secondary N) is 1. The molecule has 0 aliphatic heterocycles. The zero-order valence-corrected chi connectivity index (χ0v) is 16.1. The van der Waals surface area contributed by atoms with Gasteiger partial charge >= 0.3 is 0 Å². The number of nitrogens with zero attached hydrogens (tertiary/aromatic N) is 1. The van der Waals surface area contributed by atoms with E-state index >= 15 is 0 Å². The molecule has 1 heterocycles. The second-order valence-electron chi connectivity index (χ2n) is 6.09. The quantitative estimate of drug-likeness (QED) is 0.766. The molecule has 2 aromatic rings. The number of hydrogen-bond acceptors (Lipinski definition) is 4. The van der Waals surface area contributed by atoms with E-state index in [1.807, 2.05) is 0 Å². The summed E-state index contributed by atoms with van der Waals surface area (Å²) in [5, 5.41) is 13.5. The van der Waals surface area contributed by atoms with E-state index < -0.39 is 0 Å². The fraction of sp³-hybridized carbons (Fsp3) is 0.333. The highest BCUT2D eigenvalue weighted by Crippen LogP contribution is 2.40. The van der Waals surface area contributed by atoms with Crippen LogP contribution in [-0.2, 0) is 12.8 Å². The minimum Gasteiger partial charge on any atom is -0.494 e. The van der Waals surface area contributed by atoms with Gasteiger partial charge in [0, 0.05) is 10.4 Å². The first-order valence-corrected chi connectivity index (χ1v) is 9.40. The number of ether oxygens (including phenoxy) is 1. The summed E-state index contributed by atoms with van der Waals surface area (Å²) in [6, 6.07) is 5.25. The first kappa shape index (κ1) is 18.1. The topological polar surface area (TPSA) is 62.1 Å². The van der Waals surface area contributed by atoms with E-state index in [1.54, 1.807) is 0 Å². The predicted molar refractivity (Wildman–Crippen MR) is 101 cm³/mol. The molecule has 0 fully saturated rings. The number of hydrogen-bond donors (Lipinski definition) is 1. The van der Waals surface area contributed by atoms with Crippen LogP contribution >= 0.6 is 34.5 Å². The van der Waals surface area contributed by atoms with Crippen LogP contribution in [0, 0.1) is 17.2 Å². The number of benzene rings is 1. The van der Waals surface area contributed by atoms with E-state index in [1.165, 1.54) is 35.5 Å². The van der Waals surface area contributed by atoms with Crippen LogP contribution in [0.4, 0.5) is 5.00 Å². The molecule has 130 valence electrons. The lowest BCUT2D eigenvalue weighted by Crippen LogP contribution is -2.12. The number of methoxy groups -OCH3 is 1. The van der Waals surface area contributed by atoms with Gasteiger partial charge in [-0.05, 0) is 42.9 Å². The highest BCUT2D eigenvalue weighted by molar-refractivity contribution is 7.16. The van der Waals surface area contributed by atoms with Crippen molar-refractivity contribution in [1.29, 1.82) is 5.26 Å². The summed E-state index contributed by atoms with van der Waals surface area (Å²) in [5.74, 6) is 0.577. The van der Waals surface area contributed by atoms with Crippen molar-refractivity contribution < 1.29 is 9.53 Å². The maximum atomic E-state index is 12.6. The Morgan fingerprint density at radius 2 is 2.08 bits per heavy atom. The average molecular weight is 395 g/mol. The third kappa shape index (κ3) is 3.48. The molecule has 0 unspecified atom stereocenters. The lowest BCUT2D eigenvalue weighted by molar-refractivity contribution is 0.102. The number of carbonyl (C=O) groups excluding carboxylic acids is 1. The molecule has 25 heavy (non-hydrogen) atoms. The second kappa shape index (κ2) is 7.25. The molecule has 1 aliphatic carbocycles. The van der Waals surface area contributed by atoms with Gasteiger partial charge in [0.05, 0.1) is 22.7 Å². The van der Waals surface area contributed by atoms with E-state index in [-0.39, 0.29) is 16.0 Å². The molecule has 1 aliphatic rings. The first-order valence-electron chi connectivity index (χ1n) is 7.83. The highest BCUT2D eigenvalue weighted by Gasteiger charge is 2.25. The van der Waals surface area contributed by atoms with Crippen molar-refractivity contribution in [2.24, 2.45) is 5.92 Å². The van der Waals surface area contributed by atoms with Crippen molar-refractivity contribution in [2.45, 2.75) is 26.2 Å². The summed E-state index contributed by atoms with van der Waals surface area (Å²) in [6.45, 7) is 2.20. The van der Waals surface area contributed by atoms with E-state index in [0.29, 0.717) is 27.8 Å². The fourth-order valence-electron chi connectivity index (χ4n) is 3.02. The van der Waals surface area contributed by atoms with Crippen LogP contribution in [0.5, 0.6) is 5.75 Å². The van der Waals surface area contributed by atoms with E-state index in [2.05, 4.69) is 18.3 Å². The Hall–Kier alpha value is -1.74. The second-order valence-corrected chi connectivity index (χ2v) is 8.01. The van der Waals surface area contributed by atoms with Gasteiger partial charge in [-0.15, -0.1) is 11.3 Å². The number of thiophene rings is 1. The summed E-state index contributed by atoms with van der Waals surface area (Å²) in [5.41, 5.74) is 1.97. The number of carbonyl (C=O) groups is 1. The molecule has 1 aromatic heterocycles. The molecular weight excluding hydrogens is 379 g/mol. The average Bonchev–Trinajstić information content (AvgIpc) is 2.90. The fourth-order valence-corrected chi connectivity index (χ4v) is 5.02. The number of anilines is 1. The third-order valence-corrected chi connectivity index (χ3v) is 6.05. The summed E-state index contributed by atoms with van der Waals surface area (Å²) in [7, 11) is 1.46. The zero-order chi connectivity index (χ0) is 18.1. The molecule has 4 nitrogen and oxygen atoms in total. The molecule has 1 atom stereocenters. The summed E-state index contributed by atoms with van der Waals surface area (Å²) < 4.78 is 5.09. The van der Waals surface area contributed by atoms with Crippen LogP contribution in [0.2, 0.25) is 10.0 Å². The van der Waals surface area contributed by atoms with Gasteiger partial charge in [0.1, 0.15) is 11.1 Å². The normalized spacial score (nSPS) is 16.0. The van der Waals surface area contributed by atoms with Crippen molar-refractivity contribution in [2.75, 3.05) is 12.4 Å². The predicted octanol–water partition coefficient (Wildman–Crippen LogP) is 5.31. The summed E-state index contributed by atoms with van der Waals surface area (Å²) in [6.07, 6.45) is 2.90. The number of halogens is 2. The van der Waals surface area contributed by atoms with Crippen LogP contribution in [0.3, 0.4) is 0 Å². The van der Waals surface area contributed by atoms with Gasteiger partial charge in [0.25, 0.3) is 5.91 Å². The van der Waals surface area contributed by atoms with Crippen molar-refractivity contribution in [1.82, 2.24) is 0 Å². The smallest absolute Gasteiger partial charge is 0.256 e. The number of amides is 1. The molecule has 0 spiro atoms. The Labute approximate surface area is 160 Å². The van der Waals surface area contributed by atoms with E-state index in [4.69, 9.17) is 27.9 Å². The lowest BCUT2D eigenvalue weighted by Gasteiger charge is -2.17. The van der Waals surface area contributed by atoms with Gasteiger partial charge in [0.15, 0.2) is 5.75 Å². The summed E-state index contributed by atoms with van der Waals surface area (Å²) >= 11 is 13.7. The number of nitriles is 1. The Morgan fingerprint density at radius 1 is 1.40 bits per heavy atom. The maximum absolute atomic E-state index is 12.6. The Kier molecular flexibility index (Phi) is 5.24. The molecule has 1 aromatic carbocycles. The lowest BCUT2D eigenvalue weighted by atomic mass is 9.88. The zero-order valence-electron chi connectivity index (χ0n) is 13.8. The Balaban J connectivity index is 1.91.